The largest absolute Gasteiger partial charge is 0.373 e. The molecule has 2 nitrogen and oxygen atoms in total. The Balaban J connectivity index is 1.77. The lowest BCUT2D eigenvalue weighted by molar-refractivity contribution is 0.406. The first-order chi connectivity index (χ1) is 8.88. The van der Waals surface area contributed by atoms with Crippen molar-refractivity contribution in [2.45, 2.75) is 25.0 Å². The maximum atomic E-state index is 5.37. The van der Waals surface area contributed by atoms with Crippen LogP contribution in [0.4, 0.5) is 0 Å². The average molecular weight is 240 g/mol. The van der Waals surface area contributed by atoms with Gasteiger partial charge in [0.1, 0.15) is 0 Å². The number of rotatable bonds is 4. The van der Waals surface area contributed by atoms with Crippen molar-refractivity contribution in [2.24, 2.45) is 0 Å². The summed E-state index contributed by atoms with van der Waals surface area (Å²) in [4.78, 5) is 0. The maximum Gasteiger partial charge on any atom is 0.0850 e. The van der Waals surface area contributed by atoms with Crippen LogP contribution < -0.4 is 0 Å². The molecule has 92 valence electrons. The maximum absolute atomic E-state index is 5.37. The van der Waals surface area contributed by atoms with Crippen LogP contribution in [0.2, 0.25) is 0 Å². The van der Waals surface area contributed by atoms with E-state index in [0.29, 0.717) is 12.2 Å². The Hall–Kier alpha value is -1.38. The summed E-state index contributed by atoms with van der Waals surface area (Å²) >= 11 is 0. The van der Waals surface area contributed by atoms with E-state index in [2.05, 4.69) is 36.4 Å². The van der Waals surface area contributed by atoms with Crippen LogP contribution in [0.15, 0.2) is 36.4 Å². The van der Waals surface area contributed by atoms with Crippen molar-refractivity contribution in [3.63, 3.8) is 0 Å². The molecule has 2 aliphatic rings. The van der Waals surface area contributed by atoms with E-state index < -0.39 is 0 Å². The van der Waals surface area contributed by atoms with Crippen molar-refractivity contribution in [2.75, 3.05) is 13.2 Å². The van der Waals surface area contributed by atoms with Crippen LogP contribution in [0.25, 0.3) is 10.8 Å². The van der Waals surface area contributed by atoms with Crippen LogP contribution in [-0.2, 0) is 22.3 Å². The third kappa shape index (κ3) is 2.14. The zero-order valence-corrected chi connectivity index (χ0v) is 10.3. The van der Waals surface area contributed by atoms with Gasteiger partial charge in [0.25, 0.3) is 0 Å². The molecular formula is C16H16O2. The normalized spacial score (nSPS) is 25.3. The number of ether oxygens (including phenoxy) is 2. The molecule has 4 rings (SSSR count). The fraction of sp³-hybridized carbons (Fsp3) is 0.375. The van der Waals surface area contributed by atoms with E-state index in [-0.39, 0.29) is 0 Å². The number of benzene rings is 2. The second-order valence-electron chi connectivity index (χ2n) is 5.30. The summed E-state index contributed by atoms with van der Waals surface area (Å²) in [6, 6.07) is 13.3. The molecule has 2 aromatic carbocycles. The number of fused-ring (bicyclic) bond motifs is 1. The molecule has 2 unspecified atom stereocenters. The van der Waals surface area contributed by atoms with Crippen LogP contribution in [0, 0.1) is 0 Å². The first-order valence-corrected chi connectivity index (χ1v) is 6.62. The van der Waals surface area contributed by atoms with E-state index in [4.69, 9.17) is 9.47 Å². The van der Waals surface area contributed by atoms with Gasteiger partial charge >= 0.3 is 0 Å². The topological polar surface area (TPSA) is 25.1 Å². The third-order valence-electron chi connectivity index (χ3n) is 3.72. The molecule has 18 heavy (non-hydrogen) atoms. The zero-order valence-electron chi connectivity index (χ0n) is 10.3. The summed E-state index contributed by atoms with van der Waals surface area (Å²) in [5.74, 6) is 0. The average Bonchev–Trinajstić information content (AvgIpc) is 3.25. The molecule has 0 spiro atoms. The number of epoxide rings is 2. The minimum absolute atomic E-state index is 0.445. The molecule has 0 bridgehead atoms. The van der Waals surface area contributed by atoms with Crippen molar-refractivity contribution >= 4 is 10.8 Å². The fourth-order valence-electron chi connectivity index (χ4n) is 2.62. The predicted molar refractivity (Wildman–Crippen MR) is 70.8 cm³/mol. The van der Waals surface area contributed by atoms with Crippen LogP contribution in [-0.4, -0.2) is 25.4 Å². The fourth-order valence-corrected chi connectivity index (χ4v) is 2.62. The van der Waals surface area contributed by atoms with Gasteiger partial charge in [0.15, 0.2) is 0 Å². The summed E-state index contributed by atoms with van der Waals surface area (Å²) in [5.41, 5.74) is 2.82. The minimum atomic E-state index is 0.445. The Morgan fingerprint density at radius 2 is 1.67 bits per heavy atom. The van der Waals surface area contributed by atoms with Crippen molar-refractivity contribution in [3.05, 3.63) is 47.5 Å². The standard InChI is InChI=1S/C16H16O2/c1-2-4-16-12(3-1)5-11(7-14-9-17-14)6-13(16)8-15-10-18-15/h1-6,14-15H,7-10H2. The van der Waals surface area contributed by atoms with Gasteiger partial charge in [-0.1, -0.05) is 36.4 Å². The molecule has 2 saturated heterocycles. The van der Waals surface area contributed by atoms with Gasteiger partial charge in [0.2, 0.25) is 0 Å². The summed E-state index contributed by atoms with van der Waals surface area (Å²) < 4.78 is 10.7. The van der Waals surface area contributed by atoms with E-state index >= 15 is 0 Å². The van der Waals surface area contributed by atoms with Crippen molar-refractivity contribution in [1.82, 2.24) is 0 Å². The number of hydrogen-bond donors (Lipinski definition) is 0. The highest BCUT2D eigenvalue weighted by atomic mass is 16.6. The van der Waals surface area contributed by atoms with Gasteiger partial charge in [-0.3, -0.25) is 0 Å². The van der Waals surface area contributed by atoms with Gasteiger partial charge in [-0.05, 0) is 21.9 Å². The molecule has 0 aromatic heterocycles. The Bertz CT molecular complexity index is 583. The summed E-state index contributed by atoms with van der Waals surface area (Å²) in [6.45, 7) is 1.85. The predicted octanol–water partition coefficient (Wildman–Crippen LogP) is 2.72. The molecule has 2 aliphatic heterocycles. The number of hydrogen-bond acceptors (Lipinski definition) is 2. The molecule has 0 aliphatic carbocycles. The van der Waals surface area contributed by atoms with Crippen molar-refractivity contribution in [1.29, 1.82) is 0 Å². The quantitative estimate of drug-likeness (QED) is 0.768. The van der Waals surface area contributed by atoms with E-state index in [0.717, 1.165) is 26.1 Å². The lowest BCUT2D eigenvalue weighted by Gasteiger charge is -2.09. The monoisotopic (exact) mass is 240 g/mol. The van der Waals surface area contributed by atoms with Gasteiger partial charge in [-0.15, -0.1) is 0 Å². The van der Waals surface area contributed by atoms with Crippen molar-refractivity contribution < 1.29 is 9.47 Å². The molecule has 0 N–H and O–H groups in total. The molecular weight excluding hydrogens is 224 g/mol. The van der Waals surface area contributed by atoms with E-state index in [1.807, 2.05) is 0 Å². The molecule has 0 saturated carbocycles. The van der Waals surface area contributed by atoms with Gasteiger partial charge in [-0.2, -0.15) is 0 Å². The van der Waals surface area contributed by atoms with Gasteiger partial charge in [0.05, 0.1) is 25.4 Å². The highest BCUT2D eigenvalue weighted by molar-refractivity contribution is 5.86. The van der Waals surface area contributed by atoms with E-state index in [1.54, 1.807) is 0 Å². The van der Waals surface area contributed by atoms with E-state index in [1.165, 1.54) is 21.9 Å². The highest BCUT2D eigenvalue weighted by Crippen LogP contribution is 2.27. The van der Waals surface area contributed by atoms with Crippen molar-refractivity contribution in [3.8, 4) is 0 Å². The van der Waals surface area contributed by atoms with Crippen LogP contribution >= 0.6 is 0 Å². The zero-order chi connectivity index (χ0) is 11.9. The van der Waals surface area contributed by atoms with Crippen LogP contribution in [0.3, 0.4) is 0 Å². The highest BCUT2D eigenvalue weighted by Gasteiger charge is 2.25. The molecule has 2 heterocycles. The first-order valence-electron chi connectivity index (χ1n) is 6.62. The van der Waals surface area contributed by atoms with Gasteiger partial charge in [-0.25, -0.2) is 0 Å². The molecule has 2 atom stereocenters. The lowest BCUT2D eigenvalue weighted by atomic mass is 9.96. The molecule has 0 amide bonds. The second kappa shape index (κ2) is 4.08. The minimum Gasteiger partial charge on any atom is -0.373 e. The Morgan fingerprint density at radius 1 is 0.944 bits per heavy atom. The van der Waals surface area contributed by atoms with Gasteiger partial charge < -0.3 is 9.47 Å². The molecule has 2 aromatic rings. The molecule has 2 fully saturated rings. The SMILES string of the molecule is c1ccc2c(CC3CO3)cc(CC3CO3)cc2c1. The smallest absolute Gasteiger partial charge is 0.0850 e. The van der Waals surface area contributed by atoms with Crippen LogP contribution in [0.1, 0.15) is 11.1 Å². The summed E-state index contributed by atoms with van der Waals surface area (Å²) in [7, 11) is 0. The van der Waals surface area contributed by atoms with Crippen LogP contribution in [0.5, 0.6) is 0 Å². The summed E-state index contributed by atoms with van der Waals surface area (Å²) in [6.07, 6.45) is 2.99. The van der Waals surface area contributed by atoms with Gasteiger partial charge in [0, 0.05) is 12.8 Å². The molecule has 2 heteroatoms. The Labute approximate surface area is 107 Å². The second-order valence-corrected chi connectivity index (χ2v) is 5.30. The molecule has 0 radical (unpaired) electrons. The van der Waals surface area contributed by atoms with E-state index in [9.17, 15) is 0 Å². The summed E-state index contributed by atoms with van der Waals surface area (Å²) in [5, 5.41) is 2.71. The Kier molecular flexibility index (Phi) is 2.39. The first kappa shape index (κ1) is 10.5. The third-order valence-corrected chi connectivity index (χ3v) is 3.72. The lowest BCUT2D eigenvalue weighted by Crippen LogP contribution is -1.99. The Morgan fingerprint density at radius 3 is 2.44 bits per heavy atom.